The highest BCUT2D eigenvalue weighted by atomic mass is 19.1. The number of nitriles is 1. The van der Waals surface area contributed by atoms with Crippen LogP contribution in [0.3, 0.4) is 0 Å². The second-order valence-corrected chi connectivity index (χ2v) is 3.62. The van der Waals surface area contributed by atoms with Gasteiger partial charge in [-0.05, 0) is 36.4 Å². The van der Waals surface area contributed by atoms with Gasteiger partial charge in [-0.1, -0.05) is 0 Å². The Hall–Kier alpha value is -2.81. The van der Waals surface area contributed by atoms with Gasteiger partial charge in [-0.2, -0.15) is 19.0 Å². The lowest BCUT2D eigenvalue weighted by Crippen LogP contribution is -2.13. The molecule has 0 saturated carbocycles. The number of hydrogen-bond donors (Lipinski definition) is 1. The molecular formula is C13H7F2N3O. The Balaban J connectivity index is 2.18. The first-order chi connectivity index (χ1) is 9.10. The van der Waals surface area contributed by atoms with Crippen molar-refractivity contribution in [1.82, 2.24) is 4.98 Å². The van der Waals surface area contributed by atoms with Gasteiger partial charge in [0.15, 0.2) is 0 Å². The van der Waals surface area contributed by atoms with E-state index in [1.807, 2.05) is 6.07 Å². The average Bonchev–Trinajstić information content (AvgIpc) is 2.42. The molecule has 94 valence electrons. The lowest BCUT2D eigenvalue weighted by Gasteiger charge is -2.05. The fourth-order valence-electron chi connectivity index (χ4n) is 1.40. The number of halogens is 2. The molecule has 0 aliphatic carbocycles. The Kier molecular flexibility index (Phi) is 3.48. The van der Waals surface area contributed by atoms with E-state index in [0.717, 1.165) is 12.1 Å². The molecule has 0 unspecified atom stereocenters. The molecule has 1 aromatic heterocycles. The van der Waals surface area contributed by atoms with Crippen LogP contribution < -0.4 is 5.32 Å². The number of aromatic nitrogens is 1. The minimum atomic E-state index is -1.10. The van der Waals surface area contributed by atoms with Crippen LogP contribution in [0.1, 0.15) is 15.9 Å². The first-order valence-corrected chi connectivity index (χ1v) is 5.23. The van der Waals surface area contributed by atoms with Gasteiger partial charge in [0.2, 0.25) is 11.9 Å². The lowest BCUT2D eigenvalue weighted by atomic mass is 10.1. The third kappa shape index (κ3) is 2.90. The van der Waals surface area contributed by atoms with Crippen LogP contribution in [0.5, 0.6) is 0 Å². The molecule has 0 aliphatic heterocycles. The summed E-state index contributed by atoms with van der Waals surface area (Å²) < 4.78 is 25.8. The van der Waals surface area contributed by atoms with Gasteiger partial charge in [0.25, 0.3) is 5.91 Å². The van der Waals surface area contributed by atoms with Crippen molar-refractivity contribution in [3.8, 4) is 6.07 Å². The van der Waals surface area contributed by atoms with E-state index in [1.54, 1.807) is 0 Å². The third-order valence-corrected chi connectivity index (χ3v) is 2.34. The van der Waals surface area contributed by atoms with Crippen molar-refractivity contribution in [2.45, 2.75) is 0 Å². The summed E-state index contributed by atoms with van der Waals surface area (Å²) in [6, 6.07) is 9.74. The number of carbonyl (C=O) groups excluding carboxylic acids is 1. The molecule has 0 fully saturated rings. The van der Waals surface area contributed by atoms with Crippen molar-refractivity contribution < 1.29 is 13.6 Å². The van der Waals surface area contributed by atoms with Crippen molar-refractivity contribution in [3.63, 3.8) is 0 Å². The standard InChI is InChI=1S/C13H7F2N3O/c14-11-6-5-10(12(15)18-11)17-13(19)9-3-1-8(7-16)2-4-9/h1-6H,(H,17,19). The molecule has 0 radical (unpaired) electrons. The summed E-state index contributed by atoms with van der Waals surface area (Å²) in [6.07, 6.45) is 0. The van der Waals surface area contributed by atoms with Crippen molar-refractivity contribution in [1.29, 1.82) is 5.26 Å². The normalized spacial score (nSPS) is 9.74. The summed E-state index contributed by atoms with van der Waals surface area (Å²) in [5, 5.41) is 10.9. The molecule has 1 heterocycles. The number of pyridine rings is 1. The highest BCUT2D eigenvalue weighted by Gasteiger charge is 2.10. The van der Waals surface area contributed by atoms with Crippen molar-refractivity contribution in [3.05, 3.63) is 59.4 Å². The number of amides is 1. The van der Waals surface area contributed by atoms with E-state index < -0.39 is 17.8 Å². The number of carbonyl (C=O) groups is 1. The van der Waals surface area contributed by atoms with Gasteiger partial charge in [-0.3, -0.25) is 4.79 Å². The van der Waals surface area contributed by atoms with E-state index in [0.29, 0.717) is 5.56 Å². The smallest absolute Gasteiger partial charge is 0.255 e. The molecule has 19 heavy (non-hydrogen) atoms. The van der Waals surface area contributed by atoms with E-state index in [4.69, 9.17) is 5.26 Å². The second kappa shape index (κ2) is 5.23. The summed E-state index contributed by atoms with van der Waals surface area (Å²) in [5.41, 5.74) is 0.449. The zero-order valence-electron chi connectivity index (χ0n) is 9.52. The monoisotopic (exact) mass is 259 g/mol. The average molecular weight is 259 g/mol. The van der Waals surface area contributed by atoms with E-state index in [2.05, 4.69) is 10.3 Å². The van der Waals surface area contributed by atoms with Crippen LogP contribution in [0.2, 0.25) is 0 Å². The maximum atomic E-state index is 13.2. The van der Waals surface area contributed by atoms with Gasteiger partial charge in [0, 0.05) is 5.56 Å². The number of rotatable bonds is 2. The third-order valence-electron chi connectivity index (χ3n) is 2.34. The van der Waals surface area contributed by atoms with Gasteiger partial charge >= 0.3 is 0 Å². The summed E-state index contributed by atoms with van der Waals surface area (Å²) in [7, 11) is 0. The molecule has 2 aromatic rings. The SMILES string of the molecule is N#Cc1ccc(C(=O)Nc2ccc(F)nc2F)cc1. The molecule has 1 amide bonds. The van der Waals surface area contributed by atoms with E-state index >= 15 is 0 Å². The molecular weight excluding hydrogens is 252 g/mol. The van der Waals surface area contributed by atoms with Crippen molar-refractivity contribution >= 4 is 11.6 Å². The molecule has 1 N–H and O–H groups in total. The summed E-state index contributed by atoms with van der Waals surface area (Å²) in [5.74, 6) is -2.63. The molecule has 4 nitrogen and oxygen atoms in total. The van der Waals surface area contributed by atoms with Crippen LogP contribution in [0.4, 0.5) is 14.5 Å². The predicted molar refractivity (Wildman–Crippen MR) is 63.3 cm³/mol. The van der Waals surface area contributed by atoms with Gasteiger partial charge < -0.3 is 5.32 Å². The van der Waals surface area contributed by atoms with E-state index in [9.17, 15) is 13.6 Å². The number of benzene rings is 1. The number of nitrogens with one attached hydrogen (secondary N) is 1. The molecule has 0 saturated heterocycles. The minimum absolute atomic E-state index is 0.212. The largest absolute Gasteiger partial charge is 0.318 e. The Morgan fingerprint density at radius 3 is 2.42 bits per heavy atom. The van der Waals surface area contributed by atoms with Crippen molar-refractivity contribution in [2.24, 2.45) is 0 Å². The summed E-state index contributed by atoms with van der Waals surface area (Å²) >= 11 is 0. The molecule has 0 bridgehead atoms. The van der Waals surface area contributed by atoms with Gasteiger partial charge in [-0.15, -0.1) is 0 Å². The Morgan fingerprint density at radius 1 is 1.16 bits per heavy atom. The van der Waals surface area contributed by atoms with Gasteiger partial charge in [0.05, 0.1) is 17.3 Å². The second-order valence-electron chi connectivity index (χ2n) is 3.62. The molecule has 1 aromatic carbocycles. The maximum absolute atomic E-state index is 13.2. The Bertz CT molecular complexity index is 663. The fourth-order valence-corrected chi connectivity index (χ4v) is 1.40. The Morgan fingerprint density at radius 2 is 1.84 bits per heavy atom. The number of nitrogens with zero attached hydrogens (tertiary/aromatic N) is 2. The van der Waals surface area contributed by atoms with Crippen molar-refractivity contribution in [2.75, 3.05) is 5.32 Å². The predicted octanol–water partition coefficient (Wildman–Crippen LogP) is 2.48. The minimum Gasteiger partial charge on any atom is -0.318 e. The molecule has 0 atom stereocenters. The topological polar surface area (TPSA) is 65.8 Å². The van der Waals surface area contributed by atoms with Crippen LogP contribution in [-0.4, -0.2) is 10.9 Å². The van der Waals surface area contributed by atoms with Gasteiger partial charge in [0.1, 0.15) is 0 Å². The van der Waals surface area contributed by atoms with Crippen LogP contribution in [0, 0.1) is 23.2 Å². The maximum Gasteiger partial charge on any atom is 0.255 e. The quantitative estimate of drug-likeness (QED) is 0.842. The molecule has 0 spiro atoms. The summed E-state index contributed by atoms with van der Waals surface area (Å²) in [4.78, 5) is 14.7. The van der Waals surface area contributed by atoms with Crippen LogP contribution in [0.15, 0.2) is 36.4 Å². The van der Waals surface area contributed by atoms with Crippen LogP contribution in [0.25, 0.3) is 0 Å². The lowest BCUT2D eigenvalue weighted by molar-refractivity contribution is 0.102. The zero-order chi connectivity index (χ0) is 13.8. The number of hydrogen-bond acceptors (Lipinski definition) is 3. The highest BCUT2D eigenvalue weighted by molar-refractivity contribution is 6.04. The zero-order valence-corrected chi connectivity index (χ0v) is 9.52. The Labute approximate surface area is 107 Å². The van der Waals surface area contributed by atoms with Crippen LogP contribution in [-0.2, 0) is 0 Å². The van der Waals surface area contributed by atoms with Gasteiger partial charge in [-0.25, -0.2) is 0 Å². The molecule has 6 heteroatoms. The molecule has 0 aliphatic rings. The van der Waals surface area contributed by atoms with E-state index in [1.165, 1.54) is 24.3 Å². The number of anilines is 1. The molecule has 2 rings (SSSR count). The van der Waals surface area contributed by atoms with Crippen LogP contribution >= 0.6 is 0 Å². The first-order valence-electron chi connectivity index (χ1n) is 5.23. The summed E-state index contributed by atoms with van der Waals surface area (Å²) in [6.45, 7) is 0. The first kappa shape index (κ1) is 12.6. The highest BCUT2D eigenvalue weighted by Crippen LogP contribution is 2.13. The van der Waals surface area contributed by atoms with E-state index in [-0.39, 0.29) is 11.3 Å². The fraction of sp³-hybridized carbons (Fsp3) is 0.